The van der Waals surface area contributed by atoms with Crippen LogP contribution in [-0.2, 0) is 11.2 Å². The zero-order chi connectivity index (χ0) is 19.8. The SMILES string of the molecule is COc1ccc(-c2noc(CCC(=O)NC(C)CCC(C)C)n2)cc1OC. The van der Waals surface area contributed by atoms with E-state index in [0.717, 1.165) is 18.4 Å². The molecule has 1 unspecified atom stereocenters. The van der Waals surface area contributed by atoms with Gasteiger partial charge in [-0.15, -0.1) is 0 Å². The Hall–Kier alpha value is -2.57. The van der Waals surface area contributed by atoms with Gasteiger partial charge in [-0.1, -0.05) is 19.0 Å². The standard InChI is InChI=1S/C20H29N3O4/c1-13(2)6-7-14(3)21-18(24)10-11-19-22-20(23-27-19)15-8-9-16(25-4)17(12-15)26-5/h8-9,12-14H,6-7,10-11H2,1-5H3,(H,21,24). The topological polar surface area (TPSA) is 86.5 Å². The minimum absolute atomic E-state index is 0.00266. The highest BCUT2D eigenvalue weighted by molar-refractivity contribution is 5.76. The van der Waals surface area contributed by atoms with E-state index in [1.807, 2.05) is 13.0 Å². The number of hydrogen-bond donors (Lipinski definition) is 1. The number of aryl methyl sites for hydroxylation is 1. The number of hydrogen-bond acceptors (Lipinski definition) is 6. The lowest BCUT2D eigenvalue weighted by atomic mass is 10.0. The van der Waals surface area contributed by atoms with Crippen LogP contribution in [0.15, 0.2) is 22.7 Å². The summed E-state index contributed by atoms with van der Waals surface area (Å²) in [6.07, 6.45) is 2.80. The van der Waals surface area contributed by atoms with E-state index >= 15 is 0 Å². The van der Waals surface area contributed by atoms with E-state index in [-0.39, 0.29) is 11.9 Å². The normalized spacial score (nSPS) is 12.1. The molecular formula is C20H29N3O4. The van der Waals surface area contributed by atoms with Crippen molar-refractivity contribution in [2.45, 2.75) is 52.5 Å². The molecule has 2 aromatic rings. The molecule has 148 valence electrons. The maximum absolute atomic E-state index is 12.1. The van der Waals surface area contributed by atoms with E-state index in [2.05, 4.69) is 29.3 Å². The molecule has 0 saturated carbocycles. The second-order valence-corrected chi connectivity index (χ2v) is 7.02. The first-order valence-corrected chi connectivity index (χ1v) is 9.27. The van der Waals surface area contributed by atoms with Crippen molar-refractivity contribution in [3.8, 4) is 22.9 Å². The van der Waals surface area contributed by atoms with Gasteiger partial charge in [0.15, 0.2) is 11.5 Å². The molecule has 1 heterocycles. The zero-order valence-corrected chi connectivity index (χ0v) is 16.7. The van der Waals surface area contributed by atoms with E-state index in [0.29, 0.717) is 42.0 Å². The summed E-state index contributed by atoms with van der Waals surface area (Å²) in [5.74, 6) is 2.75. The van der Waals surface area contributed by atoms with Gasteiger partial charge in [-0.25, -0.2) is 0 Å². The maximum Gasteiger partial charge on any atom is 0.227 e. The number of methoxy groups -OCH3 is 2. The molecule has 1 amide bonds. The number of carbonyl (C=O) groups excluding carboxylic acids is 1. The Morgan fingerprint density at radius 1 is 1.15 bits per heavy atom. The number of nitrogens with one attached hydrogen (secondary N) is 1. The summed E-state index contributed by atoms with van der Waals surface area (Å²) in [5.41, 5.74) is 0.759. The van der Waals surface area contributed by atoms with Crippen molar-refractivity contribution in [2.75, 3.05) is 14.2 Å². The largest absolute Gasteiger partial charge is 0.493 e. The molecule has 0 aliphatic carbocycles. The summed E-state index contributed by atoms with van der Waals surface area (Å²) in [6.45, 7) is 6.39. The number of nitrogens with zero attached hydrogens (tertiary/aromatic N) is 2. The third-order valence-corrected chi connectivity index (χ3v) is 4.26. The molecule has 27 heavy (non-hydrogen) atoms. The summed E-state index contributed by atoms with van der Waals surface area (Å²) >= 11 is 0. The molecule has 0 bridgehead atoms. The number of rotatable bonds is 10. The van der Waals surface area contributed by atoms with Crippen molar-refractivity contribution in [3.05, 3.63) is 24.1 Å². The van der Waals surface area contributed by atoms with Crippen molar-refractivity contribution >= 4 is 5.91 Å². The van der Waals surface area contributed by atoms with Gasteiger partial charge in [-0.05, 0) is 43.9 Å². The van der Waals surface area contributed by atoms with E-state index in [1.165, 1.54) is 0 Å². The van der Waals surface area contributed by atoms with Crippen LogP contribution in [0.25, 0.3) is 11.4 Å². The first-order valence-electron chi connectivity index (χ1n) is 9.27. The van der Waals surface area contributed by atoms with Crippen molar-refractivity contribution in [1.82, 2.24) is 15.5 Å². The third-order valence-electron chi connectivity index (χ3n) is 4.26. The predicted molar refractivity (Wildman–Crippen MR) is 103 cm³/mol. The van der Waals surface area contributed by atoms with Crippen LogP contribution in [0.3, 0.4) is 0 Å². The van der Waals surface area contributed by atoms with Gasteiger partial charge in [0.1, 0.15) is 0 Å². The van der Waals surface area contributed by atoms with Crippen molar-refractivity contribution in [3.63, 3.8) is 0 Å². The first kappa shape index (κ1) is 20.7. The minimum atomic E-state index is -0.00266. The molecule has 7 heteroatoms. The average Bonchev–Trinajstić information content (AvgIpc) is 3.13. The van der Waals surface area contributed by atoms with Gasteiger partial charge in [-0.3, -0.25) is 4.79 Å². The molecule has 0 fully saturated rings. The third kappa shape index (κ3) is 6.27. The molecule has 0 aliphatic rings. The zero-order valence-electron chi connectivity index (χ0n) is 16.7. The fourth-order valence-electron chi connectivity index (χ4n) is 2.67. The Bertz CT molecular complexity index is 743. The summed E-state index contributed by atoms with van der Waals surface area (Å²) in [7, 11) is 3.16. The van der Waals surface area contributed by atoms with Crippen LogP contribution in [0.2, 0.25) is 0 Å². The summed E-state index contributed by atoms with van der Waals surface area (Å²) < 4.78 is 15.8. The van der Waals surface area contributed by atoms with Gasteiger partial charge < -0.3 is 19.3 Å². The fraction of sp³-hybridized carbons (Fsp3) is 0.550. The van der Waals surface area contributed by atoms with Crippen molar-refractivity contribution in [1.29, 1.82) is 0 Å². The number of carbonyl (C=O) groups is 1. The molecule has 0 radical (unpaired) electrons. The van der Waals surface area contributed by atoms with Gasteiger partial charge >= 0.3 is 0 Å². The second kappa shape index (κ2) is 9.94. The van der Waals surface area contributed by atoms with Crippen molar-refractivity contribution < 1.29 is 18.8 Å². The number of ether oxygens (including phenoxy) is 2. The Labute approximate surface area is 160 Å². The van der Waals surface area contributed by atoms with E-state index in [4.69, 9.17) is 14.0 Å². The summed E-state index contributed by atoms with van der Waals surface area (Å²) in [5, 5.41) is 7.00. The van der Waals surface area contributed by atoms with Crippen molar-refractivity contribution in [2.24, 2.45) is 5.92 Å². The van der Waals surface area contributed by atoms with Crippen LogP contribution in [0.1, 0.15) is 45.9 Å². The smallest absolute Gasteiger partial charge is 0.227 e. The van der Waals surface area contributed by atoms with Gasteiger partial charge in [0.05, 0.1) is 14.2 Å². The average molecular weight is 375 g/mol. The van der Waals surface area contributed by atoms with Gasteiger partial charge in [0, 0.05) is 24.4 Å². The molecule has 2 rings (SSSR count). The quantitative estimate of drug-likeness (QED) is 0.682. The lowest BCUT2D eigenvalue weighted by Crippen LogP contribution is -2.32. The fourth-order valence-corrected chi connectivity index (χ4v) is 2.67. The molecule has 1 aromatic carbocycles. The number of aromatic nitrogens is 2. The molecule has 1 N–H and O–H groups in total. The van der Waals surface area contributed by atoms with Crippen LogP contribution < -0.4 is 14.8 Å². The Morgan fingerprint density at radius 3 is 2.56 bits per heavy atom. The lowest BCUT2D eigenvalue weighted by Gasteiger charge is -2.14. The minimum Gasteiger partial charge on any atom is -0.493 e. The van der Waals surface area contributed by atoms with Crippen LogP contribution in [0.5, 0.6) is 11.5 Å². The van der Waals surface area contributed by atoms with Crippen LogP contribution in [0, 0.1) is 5.92 Å². The van der Waals surface area contributed by atoms with Gasteiger partial charge in [-0.2, -0.15) is 4.98 Å². The van der Waals surface area contributed by atoms with Crippen LogP contribution in [0.4, 0.5) is 0 Å². The lowest BCUT2D eigenvalue weighted by molar-refractivity contribution is -0.121. The van der Waals surface area contributed by atoms with Crippen LogP contribution >= 0.6 is 0 Å². The first-order chi connectivity index (χ1) is 12.9. The number of amides is 1. The molecule has 1 atom stereocenters. The highest BCUT2D eigenvalue weighted by Gasteiger charge is 2.14. The Morgan fingerprint density at radius 2 is 1.89 bits per heavy atom. The molecule has 1 aromatic heterocycles. The highest BCUT2D eigenvalue weighted by Crippen LogP contribution is 2.31. The summed E-state index contributed by atoms with van der Waals surface area (Å²) in [4.78, 5) is 16.4. The molecule has 0 aliphatic heterocycles. The van der Waals surface area contributed by atoms with E-state index in [1.54, 1.807) is 26.4 Å². The van der Waals surface area contributed by atoms with Crippen LogP contribution in [-0.4, -0.2) is 36.3 Å². The van der Waals surface area contributed by atoms with Gasteiger partial charge in [0.25, 0.3) is 0 Å². The summed E-state index contributed by atoms with van der Waals surface area (Å²) in [6, 6.07) is 5.58. The second-order valence-electron chi connectivity index (χ2n) is 7.02. The Balaban J connectivity index is 1.90. The van der Waals surface area contributed by atoms with Gasteiger partial charge in [0.2, 0.25) is 17.6 Å². The highest BCUT2D eigenvalue weighted by atomic mass is 16.5. The van der Waals surface area contributed by atoms with E-state index < -0.39 is 0 Å². The molecule has 0 spiro atoms. The molecular weight excluding hydrogens is 346 g/mol. The maximum atomic E-state index is 12.1. The number of benzene rings is 1. The molecule has 7 nitrogen and oxygen atoms in total. The molecule has 0 saturated heterocycles. The Kier molecular flexibility index (Phi) is 7.64. The predicted octanol–water partition coefficient (Wildman–Crippen LogP) is 3.63. The monoisotopic (exact) mass is 375 g/mol. The van der Waals surface area contributed by atoms with E-state index in [9.17, 15) is 4.79 Å².